The highest BCUT2D eigenvalue weighted by Crippen LogP contribution is 2.34. The fourth-order valence-corrected chi connectivity index (χ4v) is 3.97. The first-order chi connectivity index (χ1) is 16.0. The van der Waals surface area contributed by atoms with E-state index in [1.54, 1.807) is 6.07 Å². The molecule has 4 rings (SSSR count). The lowest BCUT2D eigenvalue weighted by Crippen LogP contribution is -2.23. The number of aromatic nitrogens is 1. The molecule has 1 heterocycles. The van der Waals surface area contributed by atoms with E-state index < -0.39 is 18.0 Å². The highest BCUT2D eigenvalue weighted by Gasteiger charge is 2.29. The van der Waals surface area contributed by atoms with Gasteiger partial charge in [0.15, 0.2) is 0 Å². The summed E-state index contributed by atoms with van der Waals surface area (Å²) < 4.78 is 12.5. The molecular weight excluding hydrogens is 414 g/mol. The number of carbonyl (C=O) groups excluding carboxylic acids is 2. The fraction of sp³-hybridized carbons (Fsp3) is 0.143. The standard InChI is InChI=1S/C28H25NO4/c1-19-14-15-24-23(16-19)17-25(28(31)33-18-21-10-6-4-7-11-21)29(24)26(20(2)27(30)32-3)22-12-8-5-9-13-22/h4-17,26H,2,18H2,1,3H3/t26-/m1/s1. The summed E-state index contributed by atoms with van der Waals surface area (Å²) in [6.07, 6.45) is 0. The number of nitrogens with zero attached hydrogens (tertiary/aromatic N) is 1. The zero-order valence-corrected chi connectivity index (χ0v) is 18.7. The number of ether oxygens (including phenoxy) is 2. The molecule has 0 fully saturated rings. The molecular formula is C28H25NO4. The average molecular weight is 440 g/mol. The van der Waals surface area contributed by atoms with E-state index in [1.807, 2.05) is 90.4 Å². The Balaban J connectivity index is 1.85. The Labute approximate surface area is 192 Å². The number of fused-ring (bicyclic) bond motifs is 1. The van der Waals surface area contributed by atoms with Crippen molar-refractivity contribution in [2.75, 3.05) is 7.11 Å². The van der Waals surface area contributed by atoms with Crippen LogP contribution < -0.4 is 0 Å². The Morgan fingerprint density at radius 3 is 2.27 bits per heavy atom. The highest BCUT2D eigenvalue weighted by molar-refractivity contribution is 5.97. The SMILES string of the molecule is C=C(C(=O)OC)[C@H](c1ccccc1)n1c(C(=O)OCc2ccccc2)cc2cc(C)ccc21. The van der Waals surface area contributed by atoms with Gasteiger partial charge in [-0.05, 0) is 36.2 Å². The minimum absolute atomic E-state index is 0.147. The van der Waals surface area contributed by atoms with Crippen molar-refractivity contribution in [1.82, 2.24) is 4.57 Å². The first-order valence-corrected chi connectivity index (χ1v) is 10.6. The van der Waals surface area contributed by atoms with E-state index in [4.69, 9.17) is 9.47 Å². The van der Waals surface area contributed by atoms with Crippen LogP contribution in [0.4, 0.5) is 0 Å². The summed E-state index contributed by atoms with van der Waals surface area (Å²) in [5, 5.41) is 0.875. The van der Waals surface area contributed by atoms with Gasteiger partial charge in [-0.3, -0.25) is 0 Å². The third-order valence-corrected chi connectivity index (χ3v) is 5.57. The molecule has 0 amide bonds. The number of rotatable bonds is 7. The van der Waals surface area contributed by atoms with Gasteiger partial charge < -0.3 is 14.0 Å². The lowest BCUT2D eigenvalue weighted by atomic mass is 9.99. The van der Waals surface area contributed by atoms with Crippen LogP contribution in [0.25, 0.3) is 10.9 Å². The lowest BCUT2D eigenvalue weighted by molar-refractivity contribution is -0.136. The van der Waals surface area contributed by atoms with Crippen LogP contribution in [0.2, 0.25) is 0 Å². The molecule has 0 saturated heterocycles. The van der Waals surface area contributed by atoms with Crippen LogP contribution in [0.5, 0.6) is 0 Å². The molecule has 1 aromatic heterocycles. The van der Waals surface area contributed by atoms with Crippen LogP contribution in [0.1, 0.15) is 33.2 Å². The van der Waals surface area contributed by atoms with Crippen molar-refractivity contribution in [3.63, 3.8) is 0 Å². The third kappa shape index (κ3) is 4.58. The molecule has 1 atom stereocenters. The zero-order valence-electron chi connectivity index (χ0n) is 18.7. The smallest absolute Gasteiger partial charge is 0.355 e. The van der Waals surface area contributed by atoms with Crippen molar-refractivity contribution < 1.29 is 19.1 Å². The Morgan fingerprint density at radius 1 is 0.939 bits per heavy atom. The normalized spacial score (nSPS) is 11.7. The summed E-state index contributed by atoms with van der Waals surface area (Å²) in [7, 11) is 1.32. The topological polar surface area (TPSA) is 57.5 Å². The minimum atomic E-state index is -0.641. The Kier molecular flexibility index (Phi) is 6.41. The van der Waals surface area contributed by atoms with Crippen LogP contribution in [-0.4, -0.2) is 23.6 Å². The zero-order chi connectivity index (χ0) is 23.4. The first kappa shape index (κ1) is 22.1. The molecule has 0 unspecified atom stereocenters. The summed E-state index contributed by atoms with van der Waals surface area (Å²) in [5.74, 6) is -1.02. The summed E-state index contributed by atoms with van der Waals surface area (Å²) in [4.78, 5) is 25.9. The van der Waals surface area contributed by atoms with Crippen molar-refractivity contribution in [3.05, 3.63) is 119 Å². The maximum atomic E-state index is 13.3. The molecule has 3 aromatic carbocycles. The number of methoxy groups -OCH3 is 1. The number of aryl methyl sites for hydroxylation is 1. The van der Waals surface area contributed by atoms with Gasteiger partial charge in [-0.25, -0.2) is 9.59 Å². The largest absolute Gasteiger partial charge is 0.466 e. The molecule has 0 aliphatic rings. The highest BCUT2D eigenvalue weighted by atomic mass is 16.5. The second-order valence-electron chi connectivity index (χ2n) is 7.85. The van der Waals surface area contributed by atoms with E-state index in [2.05, 4.69) is 6.58 Å². The van der Waals surface area contributed by atoms with Crippen molar-refractivity contribution in [2.24, 2.45) is 0 Å². The van der Waals surface area contributed by atoms with E-state index in [1.165, 1.54) is 7.11 Å². The molecule has 0 saturated carbocycles. The maximum Gasteiger partial charge on any atom is 0.355 e. The van der Waals surface area contributed by atoms with Crippen molar-refractivity contribution in [2.45, 2.75) is 19.6 Å². The number of hydrogen-bond donors (Lipinski definition) is 0. The predicted octanol–water partition coefficient (Wildman–Crippen LogP) is 5.63. The van der Waals surface area contributed by atoms with Crippen molar-refractivity contribution in [3.8, 4) is 0 Å². The molecule has 0 bridgehead atoms. The molecule has 0 N–H and O–H groups in total. The molecule has 4 aromatic rings. The van der Waals surface area contributed by atoms with Crippen LogP contribution in [0.15, 0.2) is 97.1 Å². The lowest BCUT2D eigenvalue weighted by Gasteiger charge is -2.24. The van der Waals surface area contributed by atoms with Crippen molar-refractivity contribution >= 4 is 22.8 Å². The van der Waals surface area contributed by atoms with E-state index >= 15 is 0 Å². The first-order valence-electron chi connectivity index (χ1n) is 10.6. The van der Waals surface area contributed by atoms with Gasteiger partial charge in [0.25, 0.3) is 0 Å². The fourth-order valence-electron chi connectivity index (χ4n) is 3.97. The van der Waals surface area contributed by atoms with Gasteiger partial charge in [-0.2, -0.15) is 0 Å². The number of benzene rings is 3. The molecule has 5 nitrogen and oxygen atoms in total. The van der Waals surface area contributed by atoms with E-state index in [0.717, 1.165) is 27.6 Å². The second kappa shape index (κ2) is 9.57. The van der Waals surface area contributed by atoms with Crippen LogP contribution in [0, 0.1) is 6.92 Å². The number of hydrogen-bond acceptors (Lipinski definition) is 4. The molecule has 0 spiro atoms. The van der Waals surface area contributed by atoms with Gasteiger partial charge in [0.1, 0.15) is 12.3 Å². The average Bonchev–Trinajstić information content (AvgIpc) is 3.21. The quantitative estimate of drug-likeness (QED) is 0.277. The van der Waals surface area contributed by atoms with Crippen LogP contribution in [0.3, 0.4) is 0 Å². The second-order valence-corrected chi connectivity index (χ2v) is 7.85. The monoisotopic (exact) mass is 439 g/mol. The Morgan fingerprint density at radius 2 is 1.61 bits per heavy atom. The molecule has 166 valence electrons. The van der Waals surface area contributed by atoms with Gasteiger partial charge >= 0.3 is 11.9 Å². The minimum Gasteiger partial charge on any atom is -0.466 e. The number of esters is 2. The molecule has 0 aliphatic carbocycles. The summed E-state index contributed by atoms with van der Waals surface area (Å²) in [6, 6.07) is 26.1. The Bertz CT molecular complexity index is 1310. The predicted molar refractivity (Wildman–Crippen MR) is 128 cm³/mol. The van der Waals surface area contributed by atoms with E-state index in [0.29, 0.717) is 5.69 Å². The number of carbonyl (C=O) groups is 2. The summed E-state index contributed by atoms with van der Waals surface area (Å²) in [5.41, 5.74) is 4.12. The van der Waals surface area contributed by atoms with Gasteiger partial charge in [0.05, 0.1) is 18.7 Å². The maximum absolute atomic E-state index is 13.3. The Hall–Kier alpha value is -4.12. The molecule has 0 radical (unpaired) electrons. The van der Waals surface area contributed by atoms with Crippen molar-refractivity contribution in [1.29, 1.82) is 0 Å². The van der Waals surface area contributed by atoms with Gasteiger partial charge in [-0.15, -0.1) is 0 Å². The molecule has 0 aliphatic heterocycles. The molecule has 5 heteroatoms. The van der Waals surface area contributed by atoms with Crippen LogP contribution >= 0.6 is 0 Å². The third-order valence-electron chi connectivity index (χ3n) is 5.57. The van der Waals surface area contributed by atoms with Gasteiger partial charge in [-0.1, -0.05) is 78.9 Å². The van der Waals surface area contributed by atoms with Crippen LogP contribution in [-0.2, 0) is 20.9 Å². The summed E-state index contributed by atoms with van der Waals surface area (Å²) >= 11 is 0. The van der Waals surface area contributed by atoms with E-state index in [9.17, 15) is 9.59 Å². The van der Waals surface area contributed by atoms with Gasteiger partial charge in [0, 0.05) is 10.9 Å². The van der Waals surface area contributed by atoms with E-state index in [-0.39, 0.29) is 12.2 Å². The van der Waals surface area contributed by atoms with Gasteiger partial charge in [0.2, 0.25) is 0 Å². The summed E-state index contributed by atoms with van der Waals surface area (Å²) in [6.45, 7) is 6.17. The molecule has 33 heavy (non-hydrogen) atoms.